The van der Waals surface area contributed by atoms with E-state index in [1.165, 1.54) is 10.4 Å². The van der Waals surface area contributed by atoms with Crippen LogP contribution in [0.3, 0.4) is 0 Å². The van der Waals surface area contributed by atoms with Crippen LogP contribution in [0.5, 0.6) is 0 Å². The molecule has 3 N–H and O–H groups in total. The predicted molar refractivity (Wildman–Crippen MR) is 118 cm³/mol. The van der Waals surface area contributed by atoms with Crippen molar-refractivity contribution in [2.75, 3.05) is 24.5 Å². The third-order valence-corrected chi connectivity index (χ3v) is 7.16. The zero-order valence-corrected chi connectivity index (χ0v) is 18.8. The molecule has 0 aliphatic carbocycles. The van der Waals surface area contributed by atoms with Gasteiger partial charge in [-0.2, -0.15) is 12.7 Å². The van der Waals surface area contributed by atoms with E-state index in [0.717, 1.165) is 37.0 Å². The number of carbonyl (C=O) groups is 1. The molecule has 170 valence electrons. The second-order valence-corrected chi connectivity index (χ2v) is 10.2. The molecule has 2 aromatic rings. The molecule has 1 amide bonds. The van der Waals surface area contributed by atoms with E-state index in [2.05, 4.69) is 19.1 Å². The summed E-state index contributed by atoms with van der Waals surface area (Å²) >= 11 is 0. The van der Waals surface area contributed by atoms with Gasteiger partial charge in [0.15, 0.2) is 0 Å². The minimum Gasteiger partial charge on any atom is -0.371 e. The summed E-state index contributed by atoms with van der Waals surface area (Å²) in [6.45, 7) is 7.10. The molecule has 0 bridgehead atoms. The molecule has 0 aromatic carbocycles. The summed E-state index contributed by atoms with van der Waals surface area (Å²) in [7, 11) is -4.25. The Labute approximate surface area is 181 Å². The Morgan fingerprint density at radius 1 is 1.29 bits per heavy atom. The number of fused-ring (bicyclic) bond motifs is 1. The molecular formula is C20H29N5O5S. The van der Waals surface area contributed by atoms with Gasteiger partial charge in [-0.25, -0.2) is 9.78 Å². The van der Waals surface area contributed by atoms with Crippen LogP contribution >= 0.6 is 0 Å². The third kappa shape index (κ3) is 5.53. The third-order valence-electron chi connectivity index (χ3n) is 5.51. The van der Waals surface area contributed by atoms with Crippen molar-refractivity contribution >= 4 is 33.1 Å². The van der Waals surface area contributed by atoms with E-state index in [1.54, 1.807) is 33.0 Å². The van der Waals surface area contributed by atoms with Gasteiger partial charge in [-0.1, -0.05) is 0 Å². The number of nitrogens with zero attached hydrogens (tertiary/aromatic N) is 3. The molecule has 1 aliphatic rings. The van der Waals surface area contributed by atoms with Gasteiger partial charge in [0.1, 0.15) is 5.65 Å². The van der Waals surface area contributed by atoms with Gasteiger partial charge in [0.25, 0.3) is 0 Å². The number of amides is 1. The first-order chi connectivity index (χ1) is 14.5. The number of primary amides is 1. The van der Waals surface area contributed by atoms with Gasteiger partial charge in [-0.05, 0) is 58.1 Å². The molecule has 1 fully saturated rings. The highest BCUT2D eigenvalue weighted by atomic mass is 32.2. The van der Waals surface area contributed by atoms with Crippen LogP contribution in [0.15, 0.2) is 29.2 Å². The summed E-state index contributed by atoms with van der Waals surface area (Å²) in [5.41, 5.74) is 5.57. The van der Waals surface area contributed by atoms with Crippen molar-refractivity contribution in [3.63, 3.8) is 0 Å². The molecule has 0 spiro atoms. The summed E-state index contributed by atoms with van der Waals surface area (Å²) < 4.78 is 30.4. The predicted octanol–water partition coefficient (Wildman–Crippen LogP) is 1.97. The Balaban J connectivity index is 1.65. The number of pyridine rings is 2. The maximum atomic E-state index is 12.4. The van der Waals surface area contributed by atoms with Crippen molar-refractivity contribution in [1.82, 2.24) is 14.3 Å². The van der Waals surface area contributed by atoms with Gasteiger partial charge < -0.3 is 19.8 Å². The molecule has 0 saturated carbocycles. The molecule has 0 atom stereocenters. The monoisotopic (exact) mass is 451 g/mol. The number of hydrogen-bond donors (Lipinski definition) is 2. The molecule has 10 nitrogen and oxygen atoms in total. The first kappa shape index (κ1) is 23.0. The van der Waals surface area contributed by atoms with Gasteiger partial charge in [0.2, 0.25) is 5.56 Å². The summed E-state index contributed by atoms with van der Waals surface area (Å²) in [5.74, 6) is 0.331. The van der Waals surface area contributed by atoms with E-state index in [0.29, 0.717) is 18.0 Å². The number of hydrogen-bond acceptors (Lipinski definition) is 7. The lowest BCUT2D eigenvalue weighted by Gasteiger charge is -2.37. The van der Waals surface area contributed by atoms with Crippen molar-refractivity contribution < 1.29 is 17.4 Å². The second-order valence-electron chi connectivity index (χ2n) is 8.74. The van der Waals surface area contributed by atoms with Crippen LogP contribution in [0, 0.1) is 5.92 Å². The second kappa shape index (κ2) is 8.83. The van der Waals surface area contributed by atoms with E-state index in [9.17, 15) is 18.0 Å². The smallest absolute Gasteiger partial charge is 0.371 e. The molecule has 3 heterocycles. The van der Waals surface area contributed by atoms with Gasteiger partial charge in [0, 0.05) is 48.5 Å². The summed E-state index contributed by atoms with van der Waals surface area (Å²) in [6.07, 6.45) is 2.78. The highest BCUT2D eigenvalue weighted by Gasteiger charge is 2.36. The molecule has 11 heteroatoms. The Morgan fingerprint density at radius 3 is 2.58 bits per heavy atom. The fourth-order valence-electron chi connectivity index (χ4n) is 4.01. The van der Waals surface area contributed by atoms with Gasteiger partial charge in [-0.3, -0.25) is 4.79 Å². The van der Waals surface area contributed by atoms with Crippen LogP contribution in [0.2, 0.25) is 0 Å². The maximum Gasteiger partial charge on any atom is 0.421 e. The van der Waals surface area contributed by atoms with Crippen LogP contribution in [0.4, 0.5) is 10.5 Å². The topological polar surface area (TPSA) is 139 Å². The molecule has 3 rings (SSSR count). The Kier molecular flexibility index (Phi) is 6.56. The Morgan fingerprint density at radius 2 is 1.97 bits per heavy atom. The molecule has 2 aromatic heterocycles. The zero-order chi connectivity index (χ0) is 22.8. The van der Waals surface area contributed by atoms with Gasteiger partial charge in [-0.15, -0.1) is 0 Å². The number of carbonyl (C=O) groups excluding carboxylic acids is 1. The van der Waals surface area contributed by atoms with Crippen LogP contribution in [-0.2, 0) is 14.5 Å². The molecule has 0 unspecified atom stereocenters. The van der Waals surface area contributed by atoms with Crippen LogP contribution < -0.4 is 16.2 Å². The highest BCUT2D eigenvalue weighted by molar-refractivity contribution is 7.84. The average Bonchev–Trinajstić information content (AvgIpc) is 2.65. The number of rotatable bonds is 6. The molecule has 0 radical (unpaired) electrons. The normalized spacial score (nSPS) is 16.1. The number of H-pyrrole nitrogens is 1. The Hall–Kier alpha value is -2.66. The minimum atomic E-state index is -4.25. The molecule has 31 heavy (non-hydrogen) atoms. The summed E-state index contributed by atoms with van der Waals surface area (Å²) in [6, 6.07) is 5.22. The largest absolute Gasteiger partial charge is 0.421 e. The fourth-order valence-corrected chi connectivity index (χ4v) is 5.31. The van der Waals surface area contributed by atoms with Gasteiger partial charge >= 0.3 is 16.4 Å². The van der Waals surface area contributed by atoms with E-state index in [-0.39, 0.29) is 12.1 Å². The average molecular weight is 452 g/mol. The van der Waals surface area contributed by atoms with E-state index in [4.69, 9.17) is 5.73 Å². The van der Waals surface area contributed by atoms with Crippen molar-refractivity contribution in [2.24, 2.45) is 11.7 Å². The summed E-state index contributed by atoms with van der Waals surface area (Å²) in [5, 5.41) is 0.897. The first-order valence-electron chi connectivity index (χ1n) is 10.2. The number of aromatic amines is 1. The molecule has 1 aliphatic heterocycles. The quantitative estimate of drug-likeness (QED) is 0.684. The van der Waals surface area contributed by atoms with Crippen molar-refractivity contribution in [2.45, 2.75) is 45.6 Å². The number of anilines is 1. The van der Waals surface area contributed by atoms with Crippen LogP contribution in [-0.4, -0.2) is 54.0 Å². The summed E-state index contributed by atoms with van der Waals surface area (Å²) in [4.78, 5) is 31.8. The van der Waals surface area contributed by atoms with E-state index >= 15 is 0 Å². The number of nitrogens with one attached hydrogen (secondary N) is 1. The van der Waals surface area contributed by atoms with Gasteiger partial charge in [0.05, 0.1) is 0 Å². The highest BCUT2D eigenvalue weighted by Crippen LogP contribution is 2.30. The van der Waals surface area contributed by atoms with E-state index < -0.39 is 21.9 Å². The van der Waals surface area contributed by atoms with Crippen LogP contribution in [0.25, 0.3) is 11.0 Å². The molecular weight excluding hydrogens is 422 g/mol. The molecule has 1 saturated heterocycles. The lowest BCUT2D eigenvalue weighted by atomic mass is 9.92. The SMILES string of the molecule is CC(C)(C)N(CCC1CCN(c2ccnc3[nH]c(=O)ccc23)CC1)S(=O)(=O)OC(N)=O. The number of nitrogens with two attached hydrogens (primary N) is 1. The fraction of sp³-hybridized carbons (Fsp3) is 0.550. The standard InChI is InChI=1S/C20H29N5O5S/c1-20(2,3)25(31(28,29)30-19(21)27)13-9-14-7-11-24(12-8-14)16-6-10-22-18-15(16)4-5-17(26)23-18/h4-6,10,14H,7-9,11-13H2,1-3H3,(H2,21,27)(H,22,23,26). The van der Waals surface area contributed by atoms with E-state index in [1.807, 2.05) is 6.07 Å². The van der Waals surface area contributed by atoms with Crippen molar-refractivity contribution in [3.05, 3.63) is 34.7 Å². The lowest BCUT2D eigenvalue weighted by Crippen LogP contribution is -2.48. The first-order valence-corrected chi connectivity index (χ1v) is 11.6. The van der Waals surface area contributed by atoms with Crippen molar-refractivity contribution in [3.8, 4) is 0 Å². The lowest BCUT2D eigenvalue weighted by molar-refractivity contribution is 0.181. The van der Waals surface area contributed by atoms with Crippen molar-refractivity contribution in [1.29, 1.82) is 0 Å². The zero-order valence-electron chi connectivity index (χ0n) is 18.0. The maximum absolute atomic E-state index is 12.4. The Bertz CT molecular complexity index is 1100. The minimum absolute atomic E-state index is 0.186. The number of piperidine rings is 1. The number of aromatic nitrogens is 2. The van der Waals surface area contributed by atoms with Crippen LogP contribution in [0.1, 0.15) is 40.0 Å².